The Bertz CT molecular complexity index is 284. The fraction of sp³-hybridized carbons (Fsp3) is 0.778. The van der Waals surface area contributed by atoms with Gasteiger partial charge in [-0.15, -0.1) is 0 Å². The summed E-state index contributed by atoms with van der Waals surface area (Å²) in [5.41, 5.74) is 0. The third-order valence-corrected chi connectivity index (χ3v) is 3.59. The first kappa shape index (κ1) is 13.1. The van der Waals surface area contributed by atoms with Crippen LogP contribution in [0.2, 0.25) is 0 Å². The van der Waals surface area contributed by atoms with E-state index in [-0.39, 0.29) is 18.6 Å². The third-order valence-electron chi connectivity index (χ3n) is 2.21. The van der Waals surface area contributed by atoms with Crippen molar-refractivity contribution in [2.75, 3.05) is 24.7 Å². The molecule has 1 aliphatic rings. The predicted molar refractivity (Wildman–Crippen MR) is 57.5 cm³/mol. The van der Waals surface area contributed by atoms with Crippen LogP contribution in [0.5, 0.6) is 0 Å². The second kappa shape index (κ2) is 6.59. The number of carbonyl (C=O) groups excluding carboxylic acids is 1. The molecule has 0 bridgehead atoms. The van der Waals surface area contributed by atoms with Gasteiger partial charge in [0.05, 0.1) is 0 Å². The molecule has 0 aromatic rings. The van der Waals surface area contributed by atoms with E-state index >= 15 is 0 Å². The molecule has 1 aliphatic heterocycles. The van der Waals surface area contributed by atoms with Gasteiger partial charge in [0.2, 0.25) is 5.91 Å². The van der Waals surface area contributed by atoms with E-state index in [2.05, 4.69) is 10.1 Å². The molecule has 0 saturated carbocycles. The van der Waals surface area contributed by atoms with Gasteiger partial charge in [0, 0.05) is 28.3 Å². The Morgan fingerprint density at radius 1 is 1.31 bits per heavy atom. The van der Waals surface area contributed by atoms with Gasteiger partial charge in [0.1, 0.15) is 13.2 Å². The number of hydrogen-bond donors (Lipinski definition) is 2. The highest BCUT2D eigenvalue weighted by Gasteiger charge is 2.19. The number of nitrogens with one attached hydrogen (secondary N) is 1. The van der Waals surface area contributed by atoms with Crippen molar-refractivity contribution in [3.63, 3.8) is 0 Å². The van der Waals surface area contributed by atoms with Gasteiger partial charge in [0.15, 0.2) is 0 Å². The van der Waals surface area contributed by atoms with Gasteiger partial charge >= 0.3 is 5.97 Å². The molecule has 0 aromatic heterocycles. The van der Waals surface area contributed by atoms with E-state index in [1.54, 1.807) is 0 Å². The van der Waals surface area contributed by atoms with Crippen LogP contribution in [0.1, 0.15) is 12.8 Å². The molecule has 16 heavy (non-hydrogen) atoms. The van der Waals surface area contributed by atoms with Gasteiger partial charge in [-0.2, -0.15) is 0 Å². The molecule has 1 rings (SSSR count). The molecular formula is C9H15NO5S. The fourth-order valence-corrected chi connectivity index (χ4v) is 2.74. The van der Waals surface area contributed by atoms with Gasteiger partial charge in [0.25, 0.3) is 0 Å². The normalized spacial score (nSPS) is 25.0. The molecule has 0 unspecified atom stereocenters. The van der Waals surface area contributed by atoms with Crippen molar-refractivity contribution >= 4 is 22.7 Å². The number of aliphatic carboxylic acids is 1. The van der Waals surface area contributed by atoms with Crippen molar-refractivity contribution < 1.29 is 23.6 Å². The zero-order valence-electron chi connectivity index (χ0n) is 8.81. The predicted octanol–water partition coefficient (Wildman–Crippen LogP) is -0.885. The summed E-state index contributed by atoms with van der Waals surface area (Å²) >= 11 is 0. The Kier molecular flexibility index (Phi) is 5.41. The van der Waals surface area contributed by atoms with Gasteiger partial charge in [-0.1, -0.05) is 0 Å². The smallest absolute Gasteiger partial charge is 0.329 e. The molecule has 0 radical (unpaired) electrons. The molecule has 2 N–H and O–H groups in total. The van der Waals surface area contributed by atoms with Crippen molar-refractivity contribution in [1.82, 2.24) is 5.32 Å². The molecule has 6 nitrogen and oxygen atoms in total. The monoisotopic (exact) mass is 249 g/mol. The summed E-state index contributed by atoms with van der Waals surface area (Å²) in [6.45, 7) is -0.714. The van der Waals surface area contributed by atoms with Crippen molar-refractivity contribution in [3.8, 4) is 0 Å². The molecule has 1 amide bonds. The average molecular weight is 249 g/mol. The molecule has 0 aromatic carbocycles. The van der Waals surface area contributed by atoms with Crippen molar-refractivity contribution in [2.45, 2.75) is 18.9 Å². The molecule has 7 heteroatoms. The lowest BCUT2D eigenvalue weighted by Gasteiger charge is -2.22. The number of carboxylic acid groups (broad SMARTS) is 1. The first-order valence-corrected chi connectivity index (χ1v) is 6.50. The van der Waals surface area contributed by atoms with Crippen LogP contribution >= 0.6 is 0 Å². The van der Waals surface area contributed by atoms with Crippen LogP contribution in [-0.2, 0) is 25.1 Å². The van der Waals surface area contributed by atoms with Crippen molar-refractivity contribution in [1.29, 1.82) is 0 Å². The number of carboxylic acids is 1. The molecule has 1 saturated heterocycles. The lowest BCUT2D eigenvalue weighted by atomic mass is 10.1. The summed E-state index contributed by atoms with van der Waals surface area (Å²) in [5.74, 6) is -0.193. The lowest BCUT2D eigenvalue weighted by molar-refractivity contribution is -0.143. The first-order valence-electron chi connectivity index (χ1n) is 5.02. The molecule has 0 spiro atoms. The highest BCUT2D eigenvalue weighted by molar-refractivity contribution is 7.85. The zero-order valence-corrected chi connectivity index (χ0v) is 9.62. The molecule has 0 atom stereocenters. The van der Waals surface area contributed by atoms with Crippen LogP contribution < -0.4 is 5.32 Å². The Balaban J connectivity index is 2.14. The first-order chi connectivity index (χ1) is 7.58. The second-order valence-corrected chi connectivity index (χ2v) is 5.27. The maximum absolute atomic E-state index is 11.3. The summed E-state index contributed by atoms with van der Waals surface area (Å²) in [6.07, 6.45) is 1.41. The molecular weight excluding hydrogens is 234 g/mol. The summed E-state index contributed by atoms with van der Waals surface area (Å²) in [4.78, 5) is 21.4. The topological polar surface area (TPSA) is 92.7 Å². The average Bonchev–Trinajstić information content (AvgIpc) is 2.21. The van der Waals surface area contributed by atoms with Gasteiger partial charge < -0.3 is 15.2 Å². The van der Waals surface area contributed by atoms with E-state index in [0.29, 0.717) is 24.3 Å². The number of rotatable bonds is 5. The summed E-state index contributed by atoms with van der Waals surface area (Å²) < 4.78 is 15.7. The standard InChI is InChI=1S/C9H15NO5S/c11-8(5-15-6-9(12)13)10-7-1-3-16(14)4-2-7/h7H,1-6H2,(H,10,11)(H,12,13). The summed E-state index contributed by atoms with van der Waals surface area (Å²) in [6, 6.07) is 0.0404. The SMILES string of the molecule is O=C(O)COCC(=O)NC1CCS(=O)CC1. The van der Waals surface area contributed by atoms with Crippen LogP contribution in [0, 0.1) is 0 Å². The van der Waals surface area contributed by atoms with Crippen LogP contribution in [-0.4, -0.2) is 52.0 Å². The van der Waals surface area contributed by atoms with Gasteiger partial charge in [-0.25, -0.2) is 4.79 Å². The van der Waals surface area contributed by atoms with Crippen LogP contribution in [0.25, 0.3) is 0 Å². The Morgan fingerprint density at radius 2 is 1.94 bits per heavy atom. The molecule has 0 aliphatic carbocycles. The van der Waals surface area contributed by atoms with E-state index in [4.69, 9.17) is 5.11 Å². The Morgan fingerprint density at radius 3 is 2.50 bits per heavy atom. The molecule has 92 valence electrons. The van der Waals surface area contributed by atoms with Gasteiger partial charge in [-0.05, 0) is 12.8 Å². The van der Waals surface area contributed by atoms with E-state index in [0.717, 1.165) is 0 Å². The number of carbonyl (C=O) groups is 2. The minimum absolute atomic E-state index is 0.0404. The minimum Gasteiger partial charge on any atom is -0.480 e. The summed E-state index contributed by atoms with van der Waals surface area (Å²) in [7, 11) is -0.748. The van der Waals surface area contributed by atoms with Crippen LogP contribution in [0.3, 0.4) is 0 Å². The molecule has 1 heterocycles. The second-order valence-electron chi connectivity index (χ2n) is 3.58. The lowest BCUT2D eigenvalue weighted by Crippen LogP contribution is -2.41. The molecule has 1 fully saturated rings. The maximum atomic E-state index is 11.3. The highest BCUT2D eigenvalue weighted by Crippen LogP contribution is 2.08. The quantitative estimate of drug-likeness (QED) is 0.659. The fourth-order valence-electron chi connectivity index (χ4n) is 1.44. The number of ether oxygens (including phenoxy) is 1. The zero-order chi connectivity index (χ0) is 12.0. The third kappa shape index (κ3) is 5.22. The summed E-state index contributed by atoms with van der Waals surface area (Å²) in [5, 5.41) is 11.0. The number of amides is 1. The van der Waals surface area contributed by atoms with Gasteiger partial charge in [-0.3, -0.25) is 9.00 Å². The van der Waals surface area contributed by atoms with Crippen LogP contribution in [0.4, 0.5) is 0 Å². The maximum Gasteiger partial charge on any atom is 0.329 e. The number of hydrogen-bond acceptors (Lipinski definition) is 4. The largest absolute Gasteiger partial charge is 0.480 e. The van der Waals surface area contributed by atoms with E-state index < -0.39 is 23.4 Å². The van der Waals surface area contributed by atoms with Crippen molar-refractivity contribution in [3.05, 3.63) is 0 Å². The Hall–Kier alpha value is -0.950. The Labute approximate surface area is 95.8 Å². The van der Waals surface area contributed by atoms with E-state index in [9.17, 15) is 13.8 Å². The van der Waals surface area contributed by atoms with E-state index in [1.807, 2.05) is 0 Å². The van der Waals surface area contributed by atoms with Crippen LogP contribution in [0.15, 0.2) is 0 Å². The van der Waals surface area contributed by atoms with E-state index in [1.165, 1.54) is 0 Å². The highest BCUT2D eigenvalue weighted by atomic mass is 32.2. The minimum atomic E-state index is -1.10. The van der Waals surface area contributed by atoms with Crippen molar-refractivity contribution in [2.24, 2.45) is 0 Å².